The fourth-order valence-electron chi connectivity index (χ4n) is 1.99. The Hall–Kier alpha value is -1.39. The van der Waals surface area contributed by atoms with Crippen molar-refractivity contribution >= 4 is 17.2 Å². The van der Waals surface area contributed by atoms with Crippen LogP contribution in [0.15, 0.2) is 35.8 Å². The van der Waals surface area contributed by atoms with Crippen molar-refractivity contribution in [2.75, 3.05) is 11.9 Å². The number of anilines is 1. The number of likely N-dealkylation sites (N-methyl/N-ethyl adjacent to an activating group) is 1. The Morgan fingerprint density at radius 2 is 2.16 bits per heavy atom. The van der Waals surface area contributed by atoms with Crippen LogP contribution < -0.4 is 10.6 Å². The van der Waals surface area contributed by atoms with Gasteiger partial charge in [0.05, 0.1) is 0 Å². The van der Waals surface area contributed by atoms with Gasteiger partial charge in [-0.3, -0.25) is 0 Å². The normalized spacial score (nSPS) is 14.1. The first-order valence-electron chi connectivity index (χ1n) is 6.54. The molecule has 0 aromatic carbocycles. The third-order valence-electron chi connectivity index (χ3n) is 3.39. The lowest BCUT2D eigenvalue weighted by Gasteiger charge is -2.26. The van der Waals surface area contributed by atoms with Gasteiger partial charge in [-0.15, -0.1) is 11.3 Å². The SMILES string of the molecule is CC(Cc1cccs1)N(C)c1cc([C@H](C)N)ccn1. The average molecular weight is 275 g/mol. The largest absolute Gasteiger partial charge is 0.357 e. The van der Waals surface area contributed by atoms with Crippen LogP contribution >= 0.6 is 11.3 Å². The molecule has 0 saturated carbocycles. The van der Waals surface area contributed by atoms with Crippen molar-refractivity contribution in [2.24, 2.45) is 5.73 Å². The van der Waals surface area contributed by atoms with Crippen molar-refractivity contribution < 1.29 is 0 Å². The quantitative estimate of drug-likeness (QED) is 0.911. The van der Waals surface area contributed by atoms with Crippen molar-refractivity contribution in [1.29, 1.82) is 0 Å². The summed E-state index contributed by atoms with van der Waals surface area (Å²) in [7, 11) is 2.09. The van der Waals surface area contributed by atoms with Gasteiger partial charge in [-0.2, -0.15) is 0 Å². The fourth-order valence-corrected chi connectivity index (χ4v) is 2.82. The minimum atomic E-state index is 0.0442. The first-order chi connectivity index (χ1) is 9.08. The highest BCUT2D eigenvalue weighted by atomic mass is 32.1. The summed E-state index contributed by atoms with van der Waals surface area (Å²) >= 11 is 1.80. The van der Waals surface area contributed by atoms with Crippen LogP contribution in [0.5, 0.6) is 0 Å². The number of aromatic nitrogens is 1. The zero-order valence-corrected chi connectivity index (χ0v) is 12.5. The van der Waals surface area contributed by atoms with Crippen molar-refractivity contribution in [2.45, 2.75) is 32.4 Å². The Kier molecular flexibility index (Phi) is 4.56. The molecule has 1 unspecified atom stereocenters. The van der Waals surface area contributed by atoms with E-state index in [1.807, 2.05) is 19.2 Å². The molecule has 0 aliphatic rings. The van der Waals surface area contributed by atoms with E-state index in [0.29, 0.717) is 6.04 Å². The number of nitrogens with zero attached hydrogens (tertiary/aromatic N) is 2. The fraction of sp³-hybridized carbons (Fsp3) is 0.400. The number of hydrogen-bond acceptors (Lipinski definition) is 4. The predicted molar refractivity (Wildman–Crippen MR) is 82.7 cm³/mol. The van der Waals surface area contributed by atoms with Crippen LogP contribution in [0.1, 0.15) is 30.3 Å². The van der Waals surface area contributed by atoms with Gasteiger partial charge >= 0.3 is 0 Å². The van der Waals surface area contributed by atoms with Gasteiger partial charge in [-0.1, -0.05) is 6.07 Å². The van der Waals surface area contributed by atoms with E-state index in [9.17, 15) is 0 Å². The van der Waals surface area contributed by atoms with Crippen LogP contribution in [0.3, 0.4) is 0 Å². The third kappa shape index (κ3) is 3.55. The molecule has 0 aliphatic carbocycles. The lowest BCUT2D eigenvalue weighted by atomic mass is 10.1. The number of nitrogens with two attached hydrogens (primary N) is 1. The Labute approximate surface area is 119 Å². The Bertz CT molecular complexity index is 508. The lowest BCUT2D eigenvalue weighted by Crippen LogP contribution is -2.31. The van der Waals surface area contributed by atoms with Gasteiger partial charge in [-0.25, -0.2) is 4.98 Å². The molecule has 0 radical (unpaired) electrons. The summed E-state index contributed by atoms with van der Waals surface area (Å²) in [6.45, 7) is 4.22. The molecule has 2 aromatic rings. The van der Waals surface area contributed by atoms with Crippen LogP contribution in [-0.4, -0.2) is 18.1 Å². The maximum absolute atomic E-state index is 5.92. The summed E-state index contributed by atoms with van der Waals surface area (Å²) < 4.78 is 0. The Morgan fingerprint density at radius 1 is 1.37 bits per heavy atom. The molecular weight excluding hydrogens is 254 g/mol. The van der Waals surface area contributed by atoms with Gasteiger partial charge in [-0.05, 0) is 43.0 Å². The van der Waals surface area contributed by atoms with Crippen molar-refractivity contribution in [3.05, 3.63) is 46.3 Å². The second kappa shape index (κ2) is 6.17. The maximum Gasteiger partial charge on any atom is 0.128 e. The molecule has 3 nitrogen and oxygen atoms in total. The molecule has 0 aliphatic heterocycles. The zero-order chi connectivity index (χ0) is 13.8. The minimum absolute atomic E-state index is 0.0442. The van der Waals surface area contributed by atoms with E-state index in [4.69, 9.17) is 5.73 Å². The lowest BCUT2D eigenvalue weighted by molar-refractivity contribution is 0.678. The molecule has 0 amide bonds. The first-order valence-corrected chi connectivity index (χ1v) is 7.42. The summed E-state index contributed by atoms with van der Waals surface area (Å²) in [5.41, 5.74) is 7.05. The van der Waals surface area contributed by atoms with E-state index in [0.717, 1.165) is 17.8 Å². The molecule has 0 bridgehead atoms. The van der Waals surface area contributed by atoms with E-state index in [-0.39, 0.29) is 6.04 Å². The monoisotopic (exact) mass is 275 g/mol. The molecule has 2 aromatic heterocycles. The number of rotatable bonds is 5. The molecule has 2 N–H and O–H groups in total. The zero-order valence-electron chi connectivity index (χ0n) is 11.7. The topological polar surface area (TPSA) is 42.1 Å². The summed E-state index contributed by atoms with van der Waals surface area (Å²) in [5.74, 6) is 0.985. The highest BCUT2D eigenvalue weighted by Crippen LogP contribution is 2.20. The van der Waals surface area contributed by atoms with Gasteiger partial charge < -0.3 is 10.6 Å². The molecule has 0 spiro atoms. The van der Waals surface area contributed by atoms with Gasteiger partial charge in [0, 0.05) is 36.6 Å². The Morgan fingerprint density at radius 3 is 2.79 bits per heavy atom. The van der Waals surface area contributed by atoms with Gasteiger partial charge in [0.15, 0.2) is 0 Å². The van der Waals surface area contributed by atoms with E-state index >= 15 is 0 Å². The highest BCUT2D eigenvalue weighted by Gasteiger charge is 2.13. The number of pyridine rings is 1. The van der Waals surface area contributed by atoms with Gasteiger partial charge in [0.1, 0.15) is 5.82 Å². The van der Waals surface area contributed by atoms with Crippen molar-refractivity contribution in [1.82, 2.24) is 4.98 Å². The number of thiophene rings is 1. The minimum Gasteiger partial charge on any atom is -0.357 e. The summed E-state index contributed by atoms with van der Waals surface area (Å²) in [6, 6.07) is 8.79. The maximum atomic E-state index is 5.92. The molecule has 4 heteroatoms. The second-order valence-corrected chi connectivity index (χ2v) is 6.01. The molecule has 19 heavy (non-hydrogen) atoms. The average Bonchev–Trinajstić information content (AvgIpc) is 2.90. The molecule has 0 saturated heterocycles. The predicted octanol–water partition coefficient (Wildman–Crippen LogP) is 3.23. The summed E-state index contributed by atoms with van der Waals surface area (Å²) in [5, 5.41) is 2.12. The van der Waals surface area contributed by atoms with Crippen LogP contribution in [-0.2, 0) is 6.42 Å². The van der Waals surface area contributed by atoms with E-state index in [1.165, 1.54) is 4.88 Å². The standard InChI is InChI=1S/C15H21N3S/c1-11(9-14-5-4-8-19-14)18(3)15-10-13(12(2)16)6-7-17-15/h4-8,10-12H,9,16H2,1-3H3/t11?,12-/m0/s1. The van der Waals surface area contributed by atoms with Gasteiger partial charge in [0.2, 0.25) is 0 Å². The van der Waals surface area contributed by atoms with E-state index in [1.54, 1.807) is 11.3 Å². The molecule has 2 rings (SSSR count). The first kappa shape index (κ1) is 14.0. The molecular formula is C15H21N3S. The van der Waals surface area contributed by atoms with E-state index in [2.05, 4.69) is 47.4 Å². The van der Waals surface area contributed by atoms with Crippen molar-refractivity contribution in [3.63, 3.8) is 0 Å². The molecule has 102 valence electrons. The summed E-state index contributed by atoms with van der Waals surface area (Å²) in [6.07, 6.45) is 2.88. The second-order valence-electron chi connectivity index (χ2n) is 4.98. The third-order valence-corrected chi connectivity index (χ3v) is 4.29. The Balaban J connectivity index is 2.10. The summed E-state index contributed by atoms with van der Waals surface area (Å²) in [4.78, 5) is 8.07. The number of hydrogen-bond donors (Lipinski definition) is 1. The van der Waals surface area contributed by atoms with Crippen LogP contribution in [0.4, 0.5) is 5.82 Å². The van der Waals surface area contributed by atoms with E-state index < -0.39 is 0 Å². The van der Waals surface area contributed by atoms with Crippen LogP contribution in [0.2, 0.25) is 0 Å². The van der Waals surface area contributed by atoms with Crippen molar-refractivity contribution in [3.8, 4) is 0 Å². The van der Waals surface area contributed by atoms with Gasteiger partial charge in [0.25, 0.3) is 0 Å². The smallest absolute Gasteiger partial charge is 0.128 e. The molecule has 0 fully saturated rings. The van der Waals surface area contributed by atoms with Crippen LogP contribution in [0, 0.1) is 0 Å². The van der Waals surface area contributed by atoms with Crippen LogP contribution in [0.25, 0.3) is 0 Å². The molecule has 2 atom stereocenters. The molecule has 2 heterocycles. The highest BCUT2D eigenvalue weighted by molar-refractivity contribution is 7.09.